The molecule has 1 fully saturated rings. The molecule has 0 radical (unpaired) electrons. The van der Waals surface area contributed by atoms with Crippen molar-refractivity contribution in [2.75, 3.05) is 39.4 Å². The molecular formula is C21H31ClN4O. The molecule has 1 aromatic carbocycles. The zero-order chi connectivity index (χ0) is 19.1. The van der Waals surface area contributed by atoms with Gasteiger partial charge in [-0.05, 0) is 51.4 Å². The monoisotopic (exact) mass is 390 g/mol. The number of aryl methyl sites for hydroxylation is 1. The maximum absolute atomic E-state index is 6.30. The van der Waals surface area contributed by atoms with Gasteiger partial charge in [-0.15, -0.1) is 0 Å². The Balaban J connectivity index is 1.43. The van der Waals surface area contributed by atoms with Crippen LogP contribution in [0.5, 0.6) is 0 Å². The number of hydrogen-bond acceptors (Lipinski definition) is 4. The van der Waals surface area contributed by atoms with E-state index in [-0.39, 0.29) is 0 Å². The standard InChI is InChI=1S/C21H31ClN4O/c1-17-20(15-23-9-5-6-10-25-11-13-27-14-12-25)18(2)26(24-17)16-19-7-3-4-8-21(19)22/h3-4,7-8,23H,5-6,9-16H2,1-2H3. The lowest BCUT2D eigenvalue weighted by molar-refractivity contribution is 0.0372. The molecule has 27 heavy (non-hydrogen) atoms. The van der Waals surface area contributed by atoms with Crippen molar-refractivity contribution in [1.29, 1.82) is 0 Å². The van der Waals surface area contributed by atoms with Crippen molar-refractivity contribution in [1.82, 2.24) is 20.0 Å². The quantitative estimate of drug-likeness (QED) is 0.666. The minimum atomic E-state index is 0.714. The van der Waals surface area contributed by atoms with Crippen LogP contribution >= 0.6 is 11.6 Å². The molecule has 1 aliphatic heterocycles. The molecule has 0 unspecified atom stereocenters. The molecule has 0 aliphatic carbocycles. The van der Waals surface area contributed by atoms with Gasteiger partial charge >= 0.3 is 0 Å². The Hall–Kier alpha value is -1.40. The number of nitrogens with one attached hydrogen (secondary N) is 1. The highest BCUT2D eigenvalue weighted by molar-refractivity contribution is 6.31. The first-order valence-corrected chi connectivity index (χ1v) is 10.3. The van der Waals surface area contributed by atoms with E-state index >= 15 is 0 Å². The fourth-order valence-electron chi connectivity index (χ4n) is 3.56. The SMILES string of the molecule is Cc1nn(Cc2ccccc2Cl)c(C)c1CNCCCCN1CCOCC1. The minimum Gasteiger partial charge on any atom is -0.379 e. The number of morpholine rings is 1. The van der Waals surface area contributed by atoms with Crippen molar-refractivity contribution < 1.29 is 4.74 Å². The van der Waals surface area contributed by atoms with Crippen LogP contribution in [0.15, 0.2) is 24.3 Å². The average molecular weight is 391 g/mol. The second kappa shape index (κ2) is 10.2. The van der Waals surface area contributed by atoms with Crippen molar-refractivity contribution >= 4 is 11.6 Å². The normalized spacial score (nSPS) is 15.4. The highest BCUT2D eigenvalue weighted by Crippen LogP contribution is 2.19. The second-order valence-corrected chi connectivity index (χ2v) is 7.64. The molecule has 1 saturated heterocycles. The first kappa shape index (κ1) is 20.3. The summed E-state index contributed by atoms with van der Waals surface area (Å²) in [5, 5.41) is 9.11. The number of hydrogen-bond donors (Lipinski definition) is 1. The van der Waals surface area contributed by atoms with E-state index < -0.39 is 0 Å². The fourth-order valence-corrected chi connectivity index (χ4v) is 3.75. The third-order valence-corrected chi connectivity index (χ3v) is 5.66. The van der Waals surface area contributed by atoms with Crippen LogP contribution in [0.2, 0.25) is 5.02 Å². The van der Waals surface area contributed by atoms with Gasteiger partial charge in [-0.2, -0.15) is 5.10 Å². The van der Waals surface area contributed by atoms with Crippen molar-refractivity contribution in [2.45, 2.75) is 39.8 Å². The molecule has 0 amide bonds. The van der Waals surface area contributed by atoms with Crippen LogP contribution in [0.3, 0.4) is 0 Å². The molecule has 148 valence electrons. The van der Waals surface area contributed by atoms with Gasteiger partial charge in [-0.3, -0.25) is 9.58 Å². The lowest BCUT2D eigenvalue weighted by Gasteiger charge is -2.26. The van der Waals surface area contributed by atoms with Gasteiger partial charge in [0.05, 0.1) is 25.5 Å². The molecular weight excluding hydrogens is 360 g/mol. The summed E-state index contributed by atoms with van der Waals surface area (Å²) in [4.78, 5) is 2.50. The van der Waals surface area contributed by atoms with Crippen LogP contribution in [0, 0.1) is 13.8 Å². The van der Waals surface area contributed by atoms with Crippen LogP contribution in [0.1, 0.15) is 35.4 Å². The Labute approximate surface area is 167 Å². The molecule has 1 N–H and O–H groups in total. The van der Waals surface area contributed by atoms with Crippen LogP contribution < -0.4 is 5.32 Å². The van der Waals surface area contributed by atoms with Gasteiger partial charge in [0.15, 0.2) is 0 Å². The first-order valence-electron chi connectivity index (χ1n) is 9.92. The van der Waals surface area contributed by atoms with Gasteiger partial charge in [0.2, 0.25) is 0 Å². The zero-order valence-electron chi connectivity index (χ0n) is 16.5. The molecule has 0 saturated carbocycles. The van der Waals surface area contributed by atoms with Crippen LogP contribution in [-0.4, -0.2) is 54.1 Å². The summed E-state index contributed by atoms with van der Waals surface area (Å²) in [7, 11) is 0. The van der Waals surface area contributed by atoms with Gasteiger partial charge in [-0.25, -0.2) is 0 Å². The predicted molar refractivity (Wildman–Crippen MR) is 110 cm³/mol. The Morgan fingerprint density at radius 3 is 2.70 bits per heavy atom. The topological polar surface area (TPSA) is 42.3 Å². The number of unbranched alkanes of at least 4 members (excludes halogenated alkanes) is 1. The number of nitrogens with zero attached hydrogens (tertiary/aromatic N) is 3. The maximum Gasteiger partial charge on any atom is 0.0677 e. The highest BCUT2D eigenvalue weighted by atomic mass is 35.5. The first-order chi connectivity index (χ1) is 13.1. The van der Waals surface area contributed by atoms with E-state index in [9.17, 15) is 0 Å². The number of benzene rings is 1. The van der Waals surface area contributed by atoms with Gasteiger partial charge in [0, 0.05) is 35.9 Å². The predicted octanol–water partition coefficient (Wildman–Crippen LogP) is 3.40. The van der Waals surface area contributed by atoms with Gasteiger partial charge in [0.25, 0.3) is 0 Å². The molecule has 0 bridgehead atoms. The summed E-state index contributed by atoms with van der Waals surface area (Å²) in [6.45, 7) is 12.0. The molecule has 0 spiro atoms. The molecule has 6 heteroatoms. The van der Waals surface area contributed by atoms with Crippen LogP contribution in [-0.2, 0) is 17.8 Å². The summed E-state index contributed by atoms with van der Waals surface area (Å²) in [6, 6.07) is 7.97. The molecule has 2 aromatic rings. The van der Waals surface area contributed by atoms with E-state index in [0.717, 1.165) is 55.7 Å². The molecule has 5 nitrogen and oxygen atoms in total. The van der Waals surface area contributed by atoms with E-state index in [1.54, 1.807) is 0 Å². The van der Waals surface area contributed by atoms with E-state index in [1.807, 2.05) is 18.2 Å². The third-order valence-electron chi connectivity index (χ3n) is 5.29. The van der Waals surface area contributed by atoms with E-state index in [4.69, 9.17) is 21.4 Å². The summed E-state index contributed by atoms with van der Waals surface area (Å²) in [5.41, 5.74) is 4.72. The van der Waals surface area contributed by atoms with Gasteiger partial charge in [-0.1, -0.05) is 29.8 Å². The van der Waals surface area contributed by atoms with Crippen molar-refractivity contribution in [3.63, 3.8) is 0 Å². The lowest BCUT2D eigenvalue weighted by Crippen LogP contribution is -2.37. The minimum absolute atomic E-state index is 0.714. The second-order valence-electron chi connectivity index (χ2n) is 7.24. The van der Waals surface area contributed by atoms with Gasteiger partial charge < -0.3 is 10.1 Å². The molecule has 1 aliphatic rings. The number of aromatic nitrogens is 2. The largest absolute Gasteiger partial charge is 0.379 e. The molecule has 1 aromatic heterocycles. The Morgan fingerprint density at radius 1 is 1.15 bits per heavy atom. The Kier molecular flexibility index (Phi) is 7.70. The number of rotatable bonds is 9. The molecule has 2 heterocycles. The van der Waals surface area contributed by atoms with Crippen molar-refractivity contribution in [3.8, 4) is 0 Å². The number of ether oxygens (including phenoxy) is 1. The van der Waals surface area contributed by atoms with Crippen LogP contribution in [0.4, 0.5) is 0 Å². The fraction of sp³-hybridized carbons (Fsp3) is 0.571. The summed E-state index contributed by atoms with van der Waals surface area (Å²) < 4.78 is 7.45. The third kappa shape index (κ3) is 5.79. The number of halogens is 1. The van der Waals surface area contributed by atoms with Gasteiger partial charge in [0.1, 0.15) is 0 Å². The van der Waals surface area contributed by atoms with Crippen LogP contribution in [0.25, 0.3) is 0 Å². The van der Waals surface area contributed by atoms with Crippen molar-refractivity contribution in [2.24, 2.45) is 0 Å². The summed E-state index contributed by atoms with van der Waals surface area (Å²) in [6.07, 6.45) is 2.43. The average Bonchev–Trinajstić information content (AvgIpc) is 2.94. The van der Waals surface area contributed by atoms with E-state index in [1.165, 1.54) is 30.6 Å². The summed E-state index contributed by atoms with van der Waals surface area (Å²) >= 11 is 6.30. The maximum atomic E-state index is 6.30. The molecule has 0 atom stereocenters. The Morgan fingerprint density at radius 2 is 1.93 bits per heavy atom. The zero-order valence-corrected chi connectivity index (χ0v) is 17.3. The van der Waals surface area contributed by atoms with E-state index in [0.29, 0.717) is 6.54 Å². The smallest absolute Gasteiger partial charge is 0.0677 e. The Bertz CT molecular complexity index is 725. The highest BCUT2D eigenvalue weighted by Gasteiger charge is 2.13. The lowest BCUT2D eigenvalue weighted by atomic mass is 10.2. The summed E-state index contributed by atoms with van der Waals surface area (Å²) in [5.74, 6) is 0. The van der Waals surface area contributed by atoms with Crippen molar-refractivity contribution in [3.05, 3.63) is 51.8 Å². The van der Waals surface area contributed by atoms with E-state index in [2.05, 4.69) is 34.8 Å². The molecule has 3 rings (SSSR count).